The van der Waals surface area contributed by atoms with E-state index in [1.165, 1.54) is 0 Å². The standard InChI is InChI=1S/C13H15N3O/c1-9-7-10(14)8-15-13(9)16-11-5-3-4-6-12(11)17-2/h3-8H,14H2,1-2H3,(H,15,16). The van der Waals surface area contributed by atoms with Crippen LogP contribution in [0.15, 0.2) is 36.5 Å². The molecule has 0 bridgehead atoms. The minimum atomic E-state index is 0.660. The summed E-state index contributed by atoms with van der Waals surface area (Å²) in [5, 5.41) is 3.23. The Morgan fingerprint density at radius 3 is 2.76 bits per heavy atom. The first kappa shape index (κ1) is 11.3. The molecule has 88 valence electrons. The maximum atomic E-state index is 5.66. The van der Waals surface area contributed by atoms with E-state index in [9.17, 15) is 0 Å². The van der Waals surface area contributed by atoms with Gasteiger partial charge in [0.25, 0.3) is 0 Å². The normalized spacial score (nSPS) is 10.0. The van der Waals surface area contributed by atoms with Crippen molar-refractivity contribution in [2.75, 3.05) is 18.2 Å². The van der Waals surface area contributed by atoms with Gasteiger partial charge in [-0.25, -0.2) is 4.98 Å². The molecule has 1 aromatic carbocycles. The van der Waals surface area contributed by atoms with Crippen LogP contribution in [-0.4, -0.2) is 12.1 Å². The van der Waals surface area contributed by atoms with E-state index in [4.69, 9.17) is 10.5 Å². The molecule has 0 fully saturated rings. The second kappa shape index (κ2) is 4.74. The fourth-order valence-electron chi connectivity index (χ4n) is 1.60. The summed E-state index contributed by atoms with van der Waals surface area (Å²) in [6.07, 6.45) is 1.63. The first-order chi connectivity index (χ1) is 8.20. The highest BCUT2D eigenvalue weighted by molar-refractivity contribution is 5.66. The van der Waals surface area contributed by atoms with Crippen LogP contribution in [0.4, 0.5) is 17.2 Å². The summed E-state index contributed by atoms with van der Waals surface area (Å²) in [6, 6.07) is 9.58. The van der Waals surface area contributed by atoms with E-state index < -0.39 is 0 Å². The van der Waals surface area contributed by atoms with E-state index in [1.54, 1.807) is 13.3 Å². The Balaban J connectivity index is 2.31. The number of nitrogens with two attached hydrogens (primary N) is 1. The van der Waals surface area contributed by atoms with Gasteiger partial charge in [0.2, 0.25) is 0 Å². The number of hydrogen-bond acceptors (Lipinski definition) is 4. The first-order valence-electron chi connectivity index (χ1n) is 5.33. The number of anilines is 3. The molecule has 0 aliphatic heterocycles. The predicted molar refractivity (Wildman–Crippen MR) is 69.7 cm³/mol. The zero-order valence-corrected chi connectivity index (χ0v) is 9.90. The maximum absolute atomic E-state index is 5.66. The monoisotopic (exact) mass is 229 g/mol. The Morgan fingerprint density at radius 1 is 1.29 bits per heavy atom. The number of rotatable bonds is 3. The molecule has 4 nitrogen and oxygen atoms in total. The van der Waals surface area contributed by atoms with Crippen molar-refractivity contribution in [3.8, 4) is 5.75 Å². The largest absolute Gasteiger partial charge is 0.495 e. The van der Waals surface area contributed by atoms with E-state index in [-0.39, 0.29) is 0 Å². The molecule has 2 rings (SSSR count). The number of nitrogens with zero attached hydrogens (tertiary/aromatic N) is 1. The molecule has 0 spiro atoms. The lowest BCUT2D eigenvalue weighted by Gasteiger charge is -2.12. The number of para-hydroxylation sites is 2. The number of aromatic nitrogens is 1. The lowest BCUT2D eigenvalue weighted by molar-refractivity contribution is 0.417. The SMILES string of the molecule is COc1ccccc1Nc1ncc(N)cc1C. The summed E-state index contributed by atoms with van der Waals surface area (Å²) in [4.78, 5) is 4.26. The Labute approximate surface area is 100 Å². The van der Waals surface area contributed by atoms with E-state index in [0.29, 0.717) is 5.69 Å². The van der Waals surface area contributed by atoms with Gasteiger partial charge in [0.05, 0.1) is 24.7 Å². The highest BCUT2D eigenvalue weighted by atomic mass is 16.5. The molecule has 3 N–H and O–H groups in total. The Bertz CT molecular complexity index is 526. The fraction of sp³-hybridized carbons (Fsp3) is 0.154. The summed E-state index contributed by atoms with van der Waals surface area (Å²) in [5.74, 6) is 1.56. The summed E-state index contributed by atoms with van der Waals surface area (Å²) >= 11 is 0. The fourth-order valence-corrected chi connectivity index (χ4v) is 1.60. The van der Waals surface area contributed by atoms with Crippen LogP contribution in [0.2, 0.25) is 0 Å². The average molecular weight is 229 g/mol. The smallest absolute Gasteiger partial charge is 0.142 e. The quantitative estimate of drug-likeness (QED) is 0.849. The van der Waals surface area contributed by atoms with Crippen LogP contribution >= 0.6 is 0 Å². The highest BCUT2D eigenvalue weighted by Crippen LogP contribution is 2.27. The number of hydrogen-bond donors (Lipinski definition) is 2. The first-order valence-corrected chi connectivity index (χ1v) is 5.33. The number of benzene rings is 1. The molecular weight excluding hydrogens is 214 g/mol. The van der Waals surface area contributed by atoms with Crippen LogP contribution in [0.25, 0.3) is 0 Å². The Kier molecular flexibility index (Phi) is 3.14. The molecule has 17 heavy (non-hydrogen) atoms. The lowest BCUT2D eigenvalue weighted by atomic mass is 10.2. The molecule has 2 aromatic rings. The van der Waals surface area contributed by atoms with Gasteiger partial charge >= 0.3 is 0 Å². The number of aryl methyl sites for hydroxylation is 1. The topological polar surface area (TPSA) is 60.2 Å². The van der Waals surface area contributed by atoms with Crippen LogP contribution in [0.5, 0.6) is 5.75 Å². The molecule has 0 unspecified atom stereocenters. The zero-order chi connectivity index (χ0) is 12.3. The van der Waals surface area contributed by atoms with Crippen molar-refractivity contribution in [3.63, 3.8) is 0 Å². The lowest BCUT2D eigenvalue weighted by Crippen LogP contribution is -1.99. The van der Waals surface area contributed by atoms with Gasteiger partial charge in [-0.05, 0) is 30.7 Å². The van der Waals surface area contributed by atoms with Crippen molar-refractivity contribution < 1.29 is 4.74 Å². The van der Waals surface area contributed by atoms with Crippen LogP contribution in [-0.2, 0) is 0 Å². The van der Waals surface area contributed by atoms with Crippen LogP contribution in [0.3, 0.4) is 0 Å². The van der Waals surface area contributed by atoms with Crippen molar-refractivity contribution in [2.45, 2.75) is 6.92 Å². The van der Waals surface area contributed by atoms with E-state index in [2.05, 4.69) is 10.3 Å². The van der Waals surface area contributed by atoms with Crippen LogP contribution in [0, 0.1) is 6.92 Å². The van der Waals surface area contributed by atoms with Crippen molar-refractivity contribution in [2.24, 2.45) is 0 Å². The van der Waals surface area contributed by atoms with E-state index >= 15 is 0 Å². The summed E-state index contributed by atoms with van der Waals surface area (Å²) in [7, 11) is 1.64. The summed E-state index contributed by atoms with van der Waals surface area (Å²) in [5.41, 5.74) is 8.20. The highest BCUT2D eigenvalue weighted by Gasteiger charge is 2.05. The molecule has 1 heterocycles. The van der Waals surface area contributed by atoms with Crippen molar-refractivity contribution in [1.82, 2.24) is 4.98 Å². The molecule has 0 saturated heterocycles. The number of methoxy groups -OCH3 is 1. The zero-order valence-electron chi connectivity index (χ0n) is 9.90. The van der Waals surface area contributed by atoms with E-state index in [0.717, 1.165) is 22.8 Å². The third kappa shape index (κ3) is 2.47. The molecular formula is C13H15N3O. The molecule has 0 aliphatic carbocycles. The number of nitrogen functional groups attached to an aromatic ring is 1. The molecule has 4 heteroatoms. The Hall–Kier alpha value is -2.23. The summed E-state index contributed by atoms with van der Waals surface area (Å²) in [6.45, 7) is 1.96. The van der Waals surface area contributed by atoms with Gasteiger partial charge in [0.1, 0.15) is 11.6 Å². The third-order valence-corrected chi connectivity index (χ3v) is 2.46. The maximum Gasteiger partial charge on any atom is 0.142 e. The number of pyridine rings is 1. The molecule has 0 radical (unpaired) electrons. The number of nitrogens with one attached hydrogen (secondary N) is 1. The molecule has 1 aromatic heterocycles. The second-order valence-electron chi connectivity index (χ2n) is 3.76. The van der Waals surface area contributed by atoms with E-state index in [1.807, 2.05) is 37.3 Å². The van der Waals surface area contributed by atoms with Gasteiger partial charge in [0.15, 0.2) is 0 Å². The summed E-state index contributed by atoms with van der Waals surface area (Å²) < 4.78 is 5.27. The Morgan fingerprint density at radius 2 is 2.06 bits per heavy atom. The second-order valence-corrected chi connectivity index (χ2v) is 3.76. The van der Waals surface area contributed by atoms with Crippen LogP contribution in [0.1, 0.15) is 5.56 Å². The van der Waals surface area contributed by atoms with Crippen LogP contribution < -0.4 is 15.8 Å². The minimum Gasteiger partial charge on any atom is -0.495 e. The van der Waals surface area contributed by atoms with Crippen molar-refractivity contribution >= 4 is 17.2 Å². The van der Waals surface area contributed by atoms with Gasteiger partial charge in [-0.2, -0.15) is 0 Å². The predicted octanol–water partition coefficient (Wildman–Crippen LogP) is 2.72. The van der Waals surface area contributed by atoms with Gasteiger partial charge in [-0.15, -0.1) is 0 Å². The van der Waals surface area contributed by atoms with Crippen molar-refractivity contribution in [1.29, 1.82) is 0 Å². The molecule has 0 atom stereocenters. The van der Waals surface area contributed by atoms with Gasteiger partial charge < -0.3 is 15.8 Å². The molecule has 0 saturated carbocycles. The third-order valence-electron chi connectivity index (χ3n) is 2.46. The van der Waals surface area contributed by atoms with Gasteiger partial charge in [0, 0.05) is 0 Å². The minimum absolute atomic E-state index is 0.660. The average Bonchev–Trinajstić information content (AvgIpc) is 2.33. The molecule has 0 amide bonds. The van der Waals surface area contributed by atoms with Gasteiger partial charge in [-0.1, -0.05) is 12.1 Å². The number of ether oxygens (including phenoxy) is 1. The molecule has 0 aliphatic rings. The van der Waals surface area contributed by atoms with Crippen molar-refractivity contribution in [3.05, 3.63) is 42.1 Å². The van der Waals surface area contributed by atoms with Gasteiger partial charge in [-0.3, -0.25) is 0 Å².